The number of piperazine rings is 1. The highest BCUT2D eigenvalue weighted by atomic mass is 32.2. The van der Waals surface area contributed by atoms with Gasteiger partial charge < -0.3 is 5.32 Å². The molecule has 2 nitrogen and oxygen atoms in total. The summed E-state index contributed by atoms with van der Waals surface area (Å²) in [4.78, 5) is 2.57. The Morgan fingerprint density at radius 1 is 1.14 bits per heavy atom. The lowest BCUT2D eigenvalue weighted by Crippen LogP contribution is -2.44. The molecule has 3 heteroatoms. The number of nitrogens with zero attached hydrogens (tertiary/aromatic N) is 1. The molecule has 0 atom stereocenters. The van der Waals surface area contributed by atoms with E-state index in [-0.39, 0.29) is 0 Å². The van der Waals surface area contributed by atoms with E-state index in [0.717, 1.165) is 0 Å². The van der Waals surface area contributed by atoms with E-state index in [1.807, 2.05) is 0 Å². The molecule has 0 spiro atoms. The molecule has 1 N–H and O–H groups in total. The molecule has 1 aliphatic rings. The summed E-state index contributed by atoms with van der Waals surface area (Å²) in [7, 11) is 0. The van der Waals surface area contributed by atoms with Crippen LogP contribution >= 0.6 is 11.8 Å². The molecular weight excluding hydrogens is 192 g/mol. The second kappa shape index (κ2) is 8.57. The summed E-state index contributed by atoms with van der Waals surface area (Å²) in [5.41, 5.74) is 0. The predicted octanol–water partition coefficient (Wildman–Crippen LogP) is 1.81. The van der Waals surface area contributed by atoms with Gasteiger partial charge in [-0.3, -0.25) is 4.90 Å². The lowest BCUT2D eigenvalue weighted by Gasteiger charge is -2.26. The second-order valence-electron chi connectivity index (χ2n) is 3.91. The zero-order chi connectivity index (χ0) is 10.1. The van der Waals surface area contributed by atoms with E-state index in [2.05, 4.69) is 28.9 Å². The van der Waals surface area contributed by atoms with Crippen molar-refractivity contribution in [2.24, 2.45) is 0 Å². The summed E-state index contributed by atoms with van der Waals surface area (Å²) < 4.78 is 0. The number of rotatable bonds is 7. The Bertz CT molecular complexity index is 124. The molecule has 0 aliphatic carbocycles. The number of hydrogen-bond donors (Lipinski definition) is 1. The van der Waals surface area contributed by atoms with E-state index in [1.165, 1.54) is 63.5 Å². The molecule has 1 fully saturated rings. The third-order valence-electron chi connectivity index (χ3n) is 2.65. The first-order chi connectivity index (χ1) is 6.93. The summed E-state index contributed by atoms with van der Waals surface area (Å²) in [6, 6.07) is 0. The van der Waals surface area contributed by atoms with Gasteiger partial charge in [0.1, 0.15) is 0 Å². The van der Waals surface area contributed by atoms with Crippen LogP contribution in [0.15, 0.2) is 0 Å². The van der Waals surface area contributed by atoms with Gasteiger partial charge in [0.2, 0.25) is 0 Å². The molecule has 1 heterocycles. The summed E-state index contributed by atoms with van der Waals surface area (Å²) in [5, 5.41) is 3.38. The van der Waals surface area contributed by atoms with Crippen LogP contribution in [0.4, 0.5) is 0 Å². The maximum absolute atomic E-state index is 3.38. The lowest BCUT2D eigenvalue weighted by molar-refractivity contribution is 0.255. The molecule has 0 aromatic heterocycles. The molecule has 1 rings (SSSR count). The molecule has 0 aromatic carbocycles. The molecule has 0 radical (unpaired) electrons. The fourth-order valence-electron chi connectivity index (χ4n) is 1.68. The SMILES string of the molecule is CCCCCSCCN1CCNCC1. The van der Waals surface area contributed by atoms with Gasteiger partial charge in [-0.25, -0.2) is 0 Å². The minimum Gasteiger partial charge on any atom is -0.314 e. The van der Waals surface area contributed by atoms with Crippen LogP contribution in [0.5, 0.6) is 0 Å². The maximum atomic E-state index is 3.38. The minimum atomic E-state index is 1.18. The Hall–Kier alpha value is 0.270. The van der Waals surface area contributed by atoms with E-state index < -0.39 is 0 Å². The van der Waals surface area contributed by atoms with Crippen LogP contribution in [-0.4, -0.2) is 49.1 Å². The first kappa shape index (κ1) is 12.3. The van der Waals surface area contributed by atoms with Gasteiger partial charge in [0.15, 0.2) is 0 Å². The van der Waals surface area contributed by atoms with Gasteiger partial charge in [-0.1, -0.05) is 19.8 Å². The highest BCUT2D eigenvalue weighted by Crippen LogP contribution is 2.06. The summed E-state index contributed by atoms with van der Waals surface area (Å²) in [5.74, 6) is 2.68. The van der Waals surface area contributed by atoms with Crippen molar-refractivity contribution in [3.05, 3.63) is 0 Å². The quantitative estimate of drug-likeness (QED) is 0.654. The van der Waals surface area contributed by atoms with Crippen molar-refractivity contribution in [2.75, 3.05) is 44.2 Å². The third-order valence-corrected chi connectivity index (χ3v) is 3.70. The smallest absolute Gasteiger partial charge is 0.0108 e. The van der Waals surface area contributed by atoms with Gasteiger partial charge in [0.05, 0.1) is 0 Å². The average molecular weight is 216 g/mol. The Morgan fingerprint density at radius 2 is 1.93 bits per heavy atom. The zero-order valence-corrected chi connectivity index (χ0v) is 10.2. The van der Waals surface area contributed by atoms with Crippen LogP contribution in [0.1, 0.15) is 26.2 Å². The van der Waals surface area contributed by atoms with Crippen LogP contribution in [0, 0.1) is 0 Å². The Labute approximate surface area is 92.8 Å². The summed E-state index contributed by atoms with van der Waals surface area (Å²) >= 11 is 2.12. The van der Waals surface area contributed by atoms with Crippen molar-refractivity contribution in [2.45, 2.75) is 26.2 Å². The highest BCUT2D eigenvalue weighted by Gasteiger charge is 2.07. The van der Waals surface area contributed by atoms with Crippen molar-refractivity contribution in [3.63, 3.8) is 0 Å². The summed E-state index contributed by atoms with van der Waals surface area (Å²) in [6.45, 7) is 8.41. The van der Waals surface area contributed by atoms with Crippen LogP contribution in [0.2, 0.25) is 0 Å². The average Bonchev–Trinajstić information content (AvgIpc) is 2.25. The van der Waals surface area contributed by atoms with Gasteiger partial charge in [0, 0.05) is 38.5 Å². The van der Waals surface area contributed by atoms with Gasteiger partial charge in [-0.05, 0) is 12.2 Å². The van der Waals surface area contributed by atoms with Gasteiger partial charge in [0.25, 0.3) is 0 Å². The first-order valence-electron chi connectivity index (χ1n) is 5.94. The molecule has 0 saturated carbocycles. The fourth-order valence-corrected chi connectivity index (χ4v) is 2.68. The van der Waals surface area contributed by atoms with Crippen molar-refractivity contribution in [1.82, 2.24) is 10.2 Å². The third kappa shape index (κ3) is 5.89. The fraction of sp³-hybridized carbons (Fsp3) is 1.00. The minimum absolute atomic E-state index is 1.18. The molecular formula is C11H24N2S. The van der Waals surface area contributed by atoms with E-state index in [9.17, 15) is 0 Å². The van der Waals surface area contributed by atoms with Gasteiger partial charge >= 0.3 is 0 Å². The molecule has 84 valence electrons. The van der Waals surface area contributed by atoms with Crippen molar-refractivity contribution in [3.8, 4) is 0 Å². The molecule has 0 amide bonds. The molecule has 0 unspecified atom stereocenters. The van der Waals surface area contributed by atoms with E-state index in [1.54, 1.807) is 0 Å². The van der Waals surface area contributed by atoms with Crippen molar-refractivity contribution in [1.29, 1.82) is 0 Å². The van der Waals surface area contributed by atoms with Crippen molar-refractivity contribution < 1.29 is 0 Å². The first-order valence-corrected chi connectivity index (χ1v) is 7.09. The Kier molecular flexibility index (Phi) is 7.55. The maximum Gasteiger partial charge on any atom is 0.0108 e. The second-order valence-corrected chi connectivity index (χ2v) is 5.14. The van der Waals surface area contributed by atoms with Gasteiger partial charge in [-0.2, -0.15) is 11.8 Å². The number of unbranched alkanes of at least 4 members (excludes halogenated alkanes) is 2. The van der Waals surface area contributed by atoms with Crippen LogP contribution in [0.25, 0.3) is 0 Å². The Morgan fingerprint density at radius 3 is 2.64 bits per heavy atom. The normalized spacial score (nSPS) is 18.6. The molecule has 0 bridgehead atoms. The standard InChI is InChI=1S/C11H24N2S/c1-2-3-4-10-14-11-9-13-7-5-12-6-8-13/h12H,2-11H2,1H3. The lowest BCUT2D eigenvalue weighted by atomic mass is 10.3. The number of nitrogens with one attached hydrogen (secondary N) is 1. The van der Waals surface area contributed by atoms with E-state index >= 15 is 0 Å². The van der Waals surface area contributed by atoms with E-state index in [0.29, 0.717) is 0 Å². The van der Waals surface area contributed by atoms with E-state index in [4.69, 9.17) is 0 Å². The monoisotopic (exact) mass is 216 g/mol. The topological polar surface area (TPSA) is 15.3 Å². The molecule has 1 aliphatic heterocycles. The van der Waals surface area contributed by atoms with Gasteiger partial charge in [-0.15, -0.1) is 0 Å². The Balaban J connectivity index is 1.82. The van der Waals surface area contributed by atoms with Crippen LogP contribution in [-0.2, 0) is 0 Å². The largest absolute Gasteiger partial charge is 0.314 e. The number of thioether (sulfide) groups is 1. The van der Waals surface area contributed by atoms with Crippen LogP contribution in [0.3, 0.4) is 0 Å². The van der Waals surface area contributed by atoms with Crippen molar-refractivity contribution >= 4 is 11.8 Å². The van der Waals surface area contributed by atoms with Crippen LogP contribution < -0.4 is 5.32 Å². The zero-order valence-electron chi connectivity index (χ0n) is 9.43. The molecule has 1 saturated heterocycles. The highest BCUT2D eigenvalue weighted by molar-refractivity contribution is 7.99. The molecule has 14 heavy (non-hydrogen) atoms. The number of hydrogen-bond acceptors (Lipinski definition) is 3. The summed E-state index contributed by atoms with van der Waals surface area (Å²) in [6.07, 6.45) is 4.15. The molecule has 0 aromatic rings. The predicted molar refractivity (Wildman–Crippen MR) is 66.2 cm³/mol.